The van der Waals surface area contributed by atoms with Crippen molar-refractivity contribution in [1.82, 2.24) is 0 Å². The molecule has 1 nitrogen and oxygen atoms in total. The highest BCUT2D eigenvalue weighted by atomic mass is 35.5. The fourth-order valence-corrected chi connectivity index (χ4v) is 0. The van der Waals surface area contributed by atoms with Crippen LogP contribution in [-0.2, 0) is 0 Å². The summed E-state index contributed by atoms with van der Waals surface area (Å²) < 4.78 is 0. The summed E-state index contributed by atoms with van der Waals surface area (Å²) in [6, 6.07) is 0. The van der Waals surface area contributed by atoms with Gasteiger partial charge >= 0.3 is 0 Å². The van der Waals surface area contributed by atoms with Crippen molar-refractivity contribution in [3.8, 4) is 0 Å². The van der Waals surface area contributed by atoms with Gasteiger partial charge in [0.2, 0.25) is 7.05 Å². The van der Waals surface area contributed by atoms with Gasteiger partial charge in [-0.3, -0.25) is 0 Å². The second kappa shape index (κ2) is 14.5. The first-order chi connectivity index (χ1) is 1.41. The van der Waals surface area contributed by atoms with Crippen molar-refractivity contribution in [2.45, 2.75) is 0 Å². The molecule has 2 heteroatoms. The average Bonchev–Trinajstić information content (AvgIpc) is 0.918. The molecule has 0 heterocycles. The molecular weight excluding hydrogens is 73.5 g/mol. The molecule has 0 rings (SSSR count). The van der Waals surface area contributed by atoms with Crippen LogP contribution in [0, 0.1) is 6.57 Å². The topological polar surface area (TPSA) is 4.36 Å². The molecule has 0 spiro atoms. The molecule has 0 aliphatic heterocycles. The Balaban J connectivity index is 0. The minimum Gasteiger partial charge on any atom is -0.320 e. The van der Waals surface area contributed by atoms with E-state index in [4.69, 9.17) is 6.57 Å². The summed E-state index contributed by atoms with van der Waals surface area (Å²) in [6.45, 7) is 5.83. The summed E-state index contributed by atoms with van der Waals surface area (Å²) in [4.78, 5) is 2.75. The highest BCUT2D eigenvalue weighted by Gasteiger charge is 1.08. The van der Waals surface area contributed by atoms with Crippen molar-refractivity contribution >= 4 is 12.4 Å². The van der Waals surface area contributed by atoms with E-state index in [-0.39, 0.29) is 12.4 Å². The van der Waals surface area contributed by atoms with Crippen LogP contribution in [0.25, 0.3) is 4.85 Å². The quantitative estimate of drug-likeness (QED) is 0.379. The van der Waals surface area contributed by atoms with E-state index in [9.17, 15) is 0 Å². The maximum absolute atomic E-state index is 5.83. The Morgan fingerprint density at radius 2 is 1.75 bits per heavy atom. The fourth-order valence-electron chi connectivity index (χ4n) is 0. The van der Waals surface area contributed by atoms with Crippen LogP contribution < -0.4 is 0 Å². The summed E-state index contributed by atoms with van der Waals surface area (Å²) >= 11 is 0. The summed E-state index contributed by atoms with van der Waals surface area (Å²) in [6.07, 6.45) is 0. The Morgan fingerprint density at radius 3 is 1.75 bits per heavy atom. The van der Waals surface area contributed by atoms with E-state index in [1.807, 2.05) is 0 Å². The molecular formula is C2H4ClN. The smallest absolute Gasteiger partial charge is 0.205 e. The van der Waals surface area contributed by atoms with Gasteiger partial charge in [-0.25, -0.2) is 6.57 Å². The van der Waals surface area contributed by atoms with Gasteiger partial charge in [0.1, 0.15) is 0 Å². The molecule has 0 aromatic rings. The Bertz CT molecular complexity index is 27.5. The van der Waals surface area contributed by atoms with E-state index in [0.29, 0.717) is 0 Å². The Morgan fingerprint density at radius 1 is 1.75 bits per heavy atom. The molecule has 0 saturated heterocycles. The first-order valence-electron chi connectivity index (χ1n) is 0.671. The fraction of sp³-hybridized carbons (Fsp3) is 0.500. The lowest BCUT2D eigenvalue weighted by Crippen LogP contribution is -1.10. The van der Waals surface area contributed by atoms with Crippen LogP contribution in [0.15, 0.2) is 0 Å². The van der Waals surface area contributed by atoms with Crippen LogP contribution in [-0.4, -0.2) is 7.05 Å². The first kappa shape index (κ1) is 9.22. The molecule has 4 heavy (non-hydrogen) atoms. The van der Waals surface area contributed by atoms with Gasteiger partial charge < -0.3 is 4.85 Å². The van der Waals surface area contributed by atoms with E-state index in [0.717, 1.165) is 0 Å². The van der Waals surface area contributed by atoms with Gasteiger partial charge in [-0.2, -0.15) is 0 Å². The molecule has 0 aromatic carbocycles. The van der Waals surface area contributed by atoms with Crippen LogP contribution in [0.2, 0.25) is 0 Å². The molecule has 0 aliphatic rings. The first-order valence-corrected chi connectivity index (χ1v) is 0.671. The van der Waals surface area contributed by atoms with Crippen molar-refractivity contribution < 1.29 is 0 Å². The van der Waals surface area contributed by atoms with Crippen molar-refractivity contribution in [2.24, 2.45) is 0 Å². The normalized spacial score (nSPS) is 2.00. The van der Waals surface area contributed by atoms with Gasteiger partial charge in [0, 0.05) is 0 Å². The number of rotatable bonds is 0. The summed E-state index contributed by atoms with van der Waals surface area (Å²) in [5.41, 5.74) is 0. The molecule has 0 N–H and O–H groups in total. The zero-order chi connectivity index (χ0) is 2.71. The molecule has 0 saturated carbocycles. The van der Waals surface area contributed by atoms with Gasteiger partial charge in [-0.1, -0.05) is 0 Å². The summed E-state index contributed by atoms with van der Waals surface area (Å²) in [5, 5.41) is 0. The predicted octanol–water partition coefficient (Wildman–Crippen LogP) is 0.957. The lowest BCUT2D eigenvalue weighted by Gasteiger charge is -1.30. The van der Waals surface area contributed by atoms with E-state index in [1.54, 1.807) is 0 Å². The number of hydrogen-bond donors (Lipinski definition) is 0. The molecule has 0 aliphatic carbocycles. The monoisotopic (exact) mass is 77.0 g/mol. The Kier molecular flexibility index (Phi) is 33.4. The molecule has 0 radical (unpaired) electrons. The molecule has 0 bridgehead atoms. The highest BCUT2D eigenvalue weighted by Crippen LogP contribution is 1.26. The van der Waals surface area contributed by atoms with Gasteiger partial charge in [0.15, 0.2) is 0 Å². The van der Waals surface area contributed by atoms with Gasteiger partial charge in [-0.05, 0) is 0 Å². The third-order valence-electron chi connectivity index (χ3n) is 0. The number of hydrogen-bond acceptors (Lipinski definition) is 0. The number of nitrogens with zero attached hydrogens (tertiary/aromatic N) is 1. The van der Waals surface area contributed by atoms with Crippen molar-refractivity contribution in [3.05, 3.63) is 11.4 Å². The molecule has 0 amide bonds. The average molecular weight is 77.5 g/mol. The largest absolute Gasteiger partial charge is 0.320 e. The van der Waals surface area contributed by atoms with Crippen LogP contribution in [0.1, 0.15) is 0 Å². The minimum absolute atomic E-state index is 0. The SMILES string of the molecule is Cl.[C-]#[N+]C. The number of halogens is 1. The van der Waals surface area contributed by atoms with Gasteiger partial charge in [-0.15, -0.1) is 12.4 Å². The third kappa shape index (κ3) is 22.4. The summed E-state index contributed by atoms with van der Waals surface area (Å²) in [7, 11) is 1.42. The van der Waals surface area contributed by atoms with Gasteiger partial charge in [0.05, 0.1) is 0 Å². The van der Waals surface area contributed by atoms with Crippen molar-refractivity contribution in [1.29, 1.82) is 0 Å². The maximum Gasteiger partial charge on any atom is 0.205 e. The Hall–Kier alpha value is -0.220. The van der Waals surface area contributed by atoms with Crippen LogP contribution >= 0.6 is 12.4 Å². The van der Waals surface area contributed by atoms with Crippen LogP contribution in [0.4, 0.5) is 0 Å². The second-order valence-corrected chi connectivity index (χ2v) is 0.224. The lowest BCUT2D eigenvalue weighted by molar-refractivity contribution is 1.92. The zero-order valence-electron chi connectivity index (χ0n) is 2.36. The Labute approximate surface area is 31.9 Å². The summed E-state index contributed by atoms with van der Waals surface area (Å²) in [5.74, 6) is 0. The van der Waals surface area contributed by atoms with Crippen molar-refractivity contribution in [3.63, 3.8) is 0 Å². The molecule has 0 fully saturated rings. The minimum atomic E-state index is 0. The molecule has 0 unspecified atom stereocenters. The van der Waals surface area contributed by atoms with Gasteiger partial charge in [0.25, 0.3) is 0 Å². The lowest BCUT2D eigenvalue weighted by atomic mass is 11.5. The zero-order valence-corrected chi connectivity index (χ0v) is 3.17. The highest BCUT2D eigenvalue weighted by molar-refractivity contribution is 5.85. The van der Waals surface area contributed by atoms with Crippen LogP contribution in [0.5, 0.6) is 0 Å². The molecule has 0 aromatic heterocycles. The molecule has 24 valence electrons. The predicted molar refractivity (Wildman–Crippen MR) is 19.8 cm³/mol. The van der Waals surface area contributed by atoms with E-state index >= 15 is 0 Å². The van der Waals surface area contributed by atoms with E-state index in [1.165, 1.54) is 7.05 Å². The van der Waals surface area contributed by atoms with E-state index < -0.39 is 0 Å². The standard InChI is InChI=1S/C2H3N.ClH/c1-3-2;/h1H3;1H. The van der Waals surface area contributed by atoms with Crippen molar-refractivity contribution in [2.75, 3.05) is 7.05 Å². The maximum atomic E-state index is 5.83. The third-order valence-corrected chi connectivity index (χ3v) is 0. The molecule has 0 atom stereocenters. The van der Waals surface area contributed by atoms with Crippen LogP contribution in [0.3, 0.4) is 0 Å². The van der Waals surface area contributed by atoms with E-state index in [2.05, 4.69) is 4.85 Å². The second-order valence-electron chi connectivity index (χ2n) is 0.224.